The van der Waals surface area contributed by atoms with E-state index in [0.29, 0.717) is 46.8 Å². The standard InChI is InChI=1S/C17H24N4O3/c1-5-12(9-15(19)14(18)8-10(2)24-4)13-6-7-16(21(22)23)11(3)17(13)20/h5-7H,2,8-9,18-20H2,1,3-4H3/b12-5+,15-14-. The van der Waals surface area contributed by atoms with E-state index >= 15 is 0 Å². The molecule has 1 aromatic carbocycles. The summed E-state index contributed by atoms with van der Waals surface area (Å²) < 4.78 is 4.99. The molecule has 0 spiro atoms. The van der Waals surface area contributed by atoms with Crippen LogP contribution in [0.1, 0.15) is 30.9 Å². The average Bonchev–Trinajstić information content (AvgIpc) is 2.54. The smallest absolute Gasteiger partial charge is 0.274 e. The first kappa shape index (κ1) is 19.1. The number of hydrogen-bond donors (Lipinski definition) is 3. The Morgan fingerprint density at radius 2 is 1.92 bits per heavy atom. The Balaban J connectivity index is 3.16. The highest BCUT2D eigenvalue weighted by Crippen LogP contribution is 2.33. The summed E-state index contributed by atoms with van der Waals surface area (Å²) in [6.07, 6.45) is 2.58. The van der Waals surface area contributed by atoms with E-state index < -0.39 is 4.92 Å². The second-order valence-corrected chi connectivity index (χ2v) is 5.39. The molecule has 0 saturated heterocycles. The molecule has 0 aliphatic heterocycles. The van der Waals surface area contributed by atoms with Crippen molar-refractivity contribution in [2.24, 2.45) is 11.5 Å². The molecule has 24 heavy (non-hydrogen) atoms. The van der Waals surface area contributed by atoms with Gasteiger partial charge in [0.15, 0.2) is 0 Å². The summed E-state index contributed by atoms with van der Waals surface area (Å²) in [6, 6.07) is 3.08. The van der Waals surface area contributed by atoms with Crippen molar-refractivity contribution in [2.75, 3.05) is 12.8 Å². The van der Waals surface area contributed by atoms with Gasteiger partial charge in [-0.1, -0.05) is 12.7 Å². The summed E-state index contributed by atoms with van der Waals surface area (Å²) in [7, 11) is 1.52. The highest BCUT2D eigenvalue weighted by molar-refractivity contribution is 5.80. The number of nitro benzene ring substituents is 1. The summed E-state index contributed by atoms with van der Waals surface area (Å²) in [6.45, 7) is 7.19. The Bertz CT molecular complexity index is 721. The third-order valence-corrected chi connectivity index (χ3v) is 3.85. The number of nitrogen functional groups attached to an aromatic ring is 1. The van der Waals surface area contributed by atoms with E-state index in [0.717, 1.165) is 5.57 Å². The van der Waals surface area contributed by atoms with Gasteiger partial charge in [0, 0.05) is 41.6 Å². The first-order chi connectivity index (χ1) is 11.2. The van der Waals surface area contributed by atoms with Crippen LogP contribution in [0, 0.1) is 17.0 Å². The second-order valence-electron chi connectivity index (χ2n) is 5.39. The van der Waals surface area contributed by atoms with E-state index in [1.165, 1.54) is 13.2 Å². The Labute approximate surface area is 141 Å². The van der Waals surface area contributed by atoms with Gasteiger partial charge < -0.3 is 21.9 Å². The van der Waals surface area contributed by atoms with Crippen molar-refractivity contribution in [2.45, 2.75) is 26.7 Å². The molecule has 0 amide bonds. The normalized spacial score (nSPS) is 12.5. The third kappa shape index (κ3) is 4.28. The number of anilines is 1. The van der Waals surface area contributed by atoms with Crippen LogP contribution >= 0.6 is 0 Å². The van der Waals surface area contributed by atoms with Gasteiger partial charge >= 0.3 is 0 Å². The Morgan fingerprint density at radius 3 is 2.42 bits per heavy atom. The molecule has 6 N–H and O–H groups in total. The van der Waals surface area contributed by atoms with Crippen molar-refractivity contribution in [3.63, 3.8) is 0 Å². The van der Waals surface area contributed by atoms with Crippen LogP contribution in [0.2, 0.25) is 0 Å². The van der Waals surface area contributed by atoms with Crippen LogP contribution in [0.4, 0.5) is 11.4 Å². The molecule has 0 atom stereocenters. The van der Waals surface area contributed by atoms with E-state index in [-0.39, 0.29) is 5.69 Å². The first-order valence-corrected chi connectivity index (χ1v) is 7.36. The van der Waals surface area contributed by atoms with Gasteiger partial charge in [0.1, 0.15) is 0 Å². The van der Waals surface area contributed by atoms with Crippen LogP contribution in [0.15, 0.2) is 41.9 Å². The molecule has 1 aromatic rings. The molecule has 130 valence electrons. The van der Waals surface area contributed by atoms with Crippen molar-refractivity contribution in [1.29, 1.82) is 0 Å². The van der Waals surface area contributed by atoms with Gasteiger partial charge in [-0.15, -0.1) is 0 Å². The number of ether oxygens (including phenoxy) is 1. The van der Waals surface area contributed by atoms with Gasteiger partial charge in [-0.25, -0.2) is 0 Å². The number of nitrogens with zero attached hydrogens (tertiary/aromatic N) is 1. The minimum Gasteiger partial charge on any atom is -0.501 e. The van der Waals surface area contributed by atoms with Gasteiger partial charge in [0.05, 0.1) is 23.4 Å². The van der Waals surface area contributed by atoms with Crippen molar-refractivity contribution in [3.05, 3.63) is 63.2 Å². The molecule has 0 fully saturated rings. The van der Waals surface area contributed by atoms with Crippen molar-refractivity contribution in [3.8, 4) is 0 Å². The fourth-order valence-electron chi connectivity index (χ4n) is 2.26. The molecule has 1 rings (SSSR count). The molecule has 0 unspecified atom stereocenters. The van der Waals surface area contributed by atoms with E-state index in [1.807, 2.05) is 13.0 Å². The summed E-state index contributed by atoms with van der Waals surface area (Å²) in [4.78, 5) is 10.5. The number of nitrogens with two attached hydrogens (primary N) is 3. The second kappa shape index (κ2) is 8.05. The SMILES string of the molecule is C=C(C/C(N)=C(/N)C/C(=C\C)c1ccc([N+](=O)[O-])c(C)c1N)OC. The third-order valence-electron chi connectivity index (χ3n) is 3.85. The van der Waals surface area contributed by atoms with Crippen LogP contribution in [-0.4, -0.2) is 12.0 Å². The van der Waals surface area contributed by atoms with Gasteiger partial charge in [-0.2, -0.15) is 0 Å². The van der Waals surface area contributed by atoms with Crippen LogP contribution in [0.5, 0.6) is 0 Å². The number of nitro groups is 1. The molecule has 0 aliphatic rings. The molecular weight excluding hydrogens is 308 g/mol. The largest absolute Gasteiger partial charge is 0.501 e. The fraction of sp³-hybridized carbons (Fsp3) is 0.294. The number of benzene rings is 1. The fourth-order valence-corrected chi connectivity index (χ4v) is 2.26. The zero-order valence-corrected chi connectivity index (χ0v) is 14.3. The Hall–Kier alpha value is -2.96. The number of allylic oxidation sites excluding steroid dienone is 2. The van der Waals surface area contributed by atoms with Crippen LogP contribution in [-0.2, 0) is 4.74 Å². The molecule has 7 nitrogen and oxygen atoms in total. The topological polar surface area (TPSA) is 130 Å². The molecule has 0 saturated carbocycles. The number of methoxy groups -OCH3 is 1. The maximum atomic E-state index is 11.0. The highest BCUT2D eigenvalue weighted by Gasteiger charge is 2.17. The zero-order valence-electron chi connectivity index (χ0n) is 14.3. The lowest BCUT2D eigenvalue weighted by Gasteiger charge is -2.15. The Kier molecular flexibility index (Phi) is 6.40. The predicted octanol–water partition coefficient (Wildman–Crippen LogP) is 2.96. The van der Waals surface area contributed by atoms with E-state index in [1.54, 1.807) is 13.0 Å². The lowest BCUT2D eigenvalue weighted by Crippen LogP contribution is -2.12. The van der Waals surface area contributed by atoms with Crippen molar-refractivity contribution in [1.82, 2.24) is 0 Å². The van der Waals surface area contributed by atoms with Crippen LogP contribution in [0.25, 0.3) is 5.57 Å². The molecule has 7 heteroatoms. The highest BCUT2D eigenvalue weighted by atomic mass is 16.6. The number of rotatable bonds is 7. The van der Waals surface area contributed by atoms with Crippen molar-refractivity contribution >= 4 is 16.9 Å². The quantitative estimate of drug-likeness (QED) is 0.304. The monoisotopic (exact) mass is 332 g/mol. The van der Waals surface area contributed by atoms with Gasteiger partial charge in [-0.05, 0) is 25.5 Å². The average molecular weight is 332 g/mol. The van der Waals surface area contributed by atoms with E-state index in [4.69, 9.17) is 21.9 Å². The molecule has 0 heterocycles. The van der Waals surface area contributed by atoms with E-state index in [9.17, 15) is 10.1 Å². The summed E-state index contributed by atoms with van der Waals surface area (Å²) in [5.41, 5.74) is 21.4. The summed E-state index contributed by atoms with van der Waals surface area (Å²) in [5.74, 6) is 0.517. The molecule has 0 radical (unpaired) electrons. The lowest BCUT2D eigenvalue weighted by atomic mass is 9.95. The van der Waals surface area contributed by atoms with Crippen molar-refractivity contribution < 1.29 is 9.66 Å². The van der Waals surface area contributed by atoms with E-state index in [2.05, 4.69) is 6.58 Å². The lowest BCUT2D eigenvalue weighted by molar-refractivity contribution is -0.385. The maximum absolute atomic E-state index is 11.0. The summed E-state index contributed by atoms with van der Waals surface area (Å²) >= 11 is 0. The van der Waals surface area contributed by atoms with Gasteiger partial charge in [0.25, 0.3) is 5.69 Å². The van der Waals surface area contributed by atoms with Gasteiger partial charge in [0.2, 0.25) is 0 Å². The molecular formula is C17H24N4O3. The zero-order chi connectivity index (χ0) is 18.4. The molecule has 0 bridgehead atoms. The minimum absolute atomic E-state index is 0.00822. The maximum Gasteiger partial charge on any atom is 0.274 e. The minimum atomic E-state index is -0.451. The number of hydrogen-bond acceptors (Lipinski definition) is 6. The Morgan fingerprint density at radius 1 is 1.33 bits per heavy atom. The van der Waals surface area contributed by atoms with Crippen LogP contribution in [0.3, 0.4) is 0 Å². The van der Waals surface area contributed by atoms with Crippen LogP contribution < -0.4 is 17.2 Å². The molecule has 0 aromatic heterocycles. The first-order valence-electron chi connectivity index (χ1n) is 7.36. The summed E-state index contributed by atoms with van der Waals surface area (Å²) in [5, 5.41) is 11.0. The molecule has 0 aliphatic carbocycles. The van der Waals surface area contributed by atoms with Gasteiger partial charge in [-0.3, -0.25) is 10.1 Å². The predicted molar refractivity (Wildman–Crippen MR) is 96.7 cm³/mol.